The molecular formula is C19H20ClNO2. The molecule has 0 saturated heterocycles. The first-order valence-electron chi connectivity index (χ1n) is 7.85. The molecule has 0 heterocycles. The van der Waals surface area contributed by atoms with Gasteiger partial charge in [-0.05, 0) is 49.4 Å². The van der Waals surface area contributed by atoms with Gasteiger partial charge in [-0.3, -0.25) is 4.79 Å². The highest BCUT2D eigenvalue weighted by atomic mass is 35.5. The van der Waals surface area contributed by atoms with Crippen molar-refractivity contribution in [2.24, 2.45) is 0 Å². The Balaban J connectivity index is 1.75. The number of nitrogens with one attached hydrogen (secondary N) is 1. The van der Waals surface area contributed by atoms with Crippen LogP contribution in [0.5, 0.6) is 0 Å². The quantitative estimate of drug-likeness (QED) is 0.902. The van der Waals surface area contributed by atoms with Crippen molar-refractivity contribution in [3.05, 3.63) is 69.7 Å². The lowest BCUT2D eigenvalue weighted by atomic mass is 9.95. The van der Waals surface area contributed by atoms with Crippen LogP contribution in [0.4, 0.5) is 0 Å². The monoisotopic (exact) mass is 329 g/mol. The Labute approximate surface area is 141 Å². The maximum absolute atomic E-state index is 12.5. The van der Waals surface area contributed by atoms with Gasteiger partial charge in [-0.2, -0.15) is 0 Å². The van der Waals surface area contributed by atoms with E-state index in [4.69, 9.17) is 11.6 Å². The maximum Gasteiger partial charge on any atom is 0.251 e. The largest absolute Gasteiger partial charge is 0.384 e. The number of hydrogen-bond acceptors (Lipinski definition) is 2. The summed E-state index contributed by atoms with van der Waals surface area (Å²) < 4.78 is 0. The van der Waals surface area contributed by atoms with Gasteiger partial charge in [0.1, 0.15) is 5.60 Å². The molecule has 1 atom stereocenters. The minimum absolute atomic E-state index is 0.110. The van der Waals surface area contributed by atoms with Crippen molar-refractivity contribution in [2.45, 2.75) is 31.8 Å². The molecular weight excluding hydrogens is 310 g/mol. The first-order valence-corrected chi connectivity index (χ1v) is 8.23. The average Bonchev–Trinajstić information content (AvgIpc) is 3.01. The third-order valence-electron chi connectivity index (χ3n) is 4.44. The van der Waals surface area contributed by atoms with Crippen LogP contribution in [0, 0.1) is 0 Å². The molecule has 0 aliphatic heterocycles. The Bertz CT molecular complexity index is 740. The first-order chi connectivity index (χ1) is 11.0. The molecule has 3 nitrogen and oxygen atoms in total. The van der Waals surface area contributed by atoms with Crippen LogP contribution in [-0.4, -0.2) is 17.6 Å². The molecule has 0 spiro atoms. The fourth-order valence-corrected chi connectivity index (χ4v) is 3.51. The topological polar surface area (TPSA) is 49.3 Å². The van der Waals surface area contributed by atoms with Crippen LogP contribution < -0.4 is 5.32 Å². The zero-order valence-corrected chi connectivity index (χ0v) is 13.9. The molecule has 0 aromatic heterocycles. The number of aryl methyl sites for hydroxylation is 1. The number of carbonyl (C=O) groups is 1. The van der Waals surface area contributed by atoms with Crippen molar-refractivity contribution < 1.29 is 9.90 Å². The van der Waals surface area contributed by atoms with Gasteiger partial charge >= 0.3 is 0 Å². The molecule has 0 unspecified atom stereocenters. The van der Waals surface area contributed by atoms with E-state index in [0.717, 1.165) is 30.4 Å². The van der Waals surface area contributed by atoms with E-state index < -0.39 is 5.60 Å². The van der Waals surface area contributed by atoms with Crippen molar-refractivity contribution in [2.75, 3.05) is 6.54 Å². The Morgan fingerprint density at radius 1 is 1.22 bits per heavy atom. The number of aliphatic hydroxyl groups is 1. The van der Waals surface area contributed by atoms with Gasteiger partial charge in [0.25, 0.3) is 5.91 Å². The SMILES string of the molecule is C[C@](O)(CNC(=O)c1cccc2c1CCC2)c1ccccc1Cl. The Morgan fingerprint density at radius 2 is 2.00 bits per heavy atom. The molecule has 3 rings (SSSR count). The molecule has 4 heteroatoms. The van der Waals surface area contributed by atoms with Crippen LogP contribution in [0.25, 0.3) is 0 Å². The second-order valence-corrected chi connectivity index (χ2v) is 6.64. The highest BCUT2D eigenvalue weighted by molar-refractivity contribution is 6.31. The second kappa shape index (κ2) is 6.34. The summed E-state index contributed by atoms with van der Waals surface area (Å²) in [6.07, 6.45) is 3.07. The predicted molar refractivity (Wildman–Crippen MR) is 91.8 cm³/mol. The lowest BCUT2D eigenvalue weighted by Crippen LogP contribution is -2.39. The van der Waals surface area contributed by atoms with E-state index in [1.54, 1.807) is 19.1 Å². The summed E-state index contributed by atoms with van der Waals surface area (Å²) >= 11 is 6.15. The van der Waals surface area contributed by atoms with E-state index >= 15 is 0 Å². The molecule has 1 aliphatic carbocycles. The van der Waals surface area contributed by atoms with Gasteiger partial charge in [0.15, 0.2) is 0 Å². The Kier molecular flexibility index (Phi) is 4.42. The highest BCUT2D eigenvalue weighted by Gasteiger charge is 2.27. The molecule has 2 aromatic carbocycles. The smallest absolute Gasteiger partial charge is 0.251 e. The molecule has 0 fully saturated rings. The van der Waals surface area contributed by atoms with E-state index in [9.17, 15) is 9.90 Å². The lowest BCUT2D eigenvalue weighted by Gasteiger charge is -2.25. The van der Waals surface area contributed by atoms with Crippen LogP contribution in [0.15, 0.2) is 42.5 Å². The molecule has 1 aliphatic rings. The number of amides is 1. The highest BCUT2D eigenvalue weighted by Crippen LogP contribution is 2.28. The van der Waals surface area contributed by atoms with Gasteiger partial charge in [-0.25, -0.2) is 0 Å². The maximum atomic E-state index is 12.5. The number of benzene rings is 2. The molecule has 23 heavy (non-hydrogen) atoms. The van der Waals surface area contributed by atoms with Crippen molar-refractivity contribution in [3.8, 4) is 0 Å². The fraction of sp³-hybridized carbons (Fsp3) is 0.316. The average molecular weight is 330 g/mol. The zero-order valence-electron chi connectivity index (χ0n) is 13.1. The van der Waals surface area contributed by atoms with Gasteiger partial charge in [-0.1, -0.05) is 41.9 Å². The van der Waals surface area contributed by atoms with Crippen LogP contribution in [0.3, 0.4) is 0 Å². The van der Waals surface area contributed by atoms with Gasteiger partial charge in [0.05, 0.1) is 6.54 Å². The van der Waals surface area contributed by atoms with E-state index in [0.29, 0.717) is 10.6 Å². The van der Waals surface area contributed by atoms with E-state index in [-0.39, 0.29) is 12.5 Å². The number of carbonyl (C=O) groups excluding carboxylic acids is 1. The molecule has 2 N–H and O–H groups in total. The van der Waals surface area contributed by atoms with Crippen molar-refractivity contribution in [1.29, 1.82) is 0 Å². The number of halogens is 1. The third kappa shape index (κ3) is 3.26. The summed E-state index contributed by atoms with van der Waals surface area (Å²) in [6, 6.07) is 13.0. The van der Waals surface area contributed by atoms with Gasteiger partial charge in [0, 0.05) is 16.1 Å². The predicted octanol–water partition coefficient (Wildman–Crippen LogP) is 3.47. The zero-order chi connectivity index (χ0) is 16.4. The number of fused-ring (bicyclic) bond motifs is 1. The van der Waals surface area contributed by atoms with Crippen molar-refractivity contribution in [3.63, 3.8) is 0 Å². The van der Waals surface area contributed by atoms with E-state index in [1.165, 1.54) is 5.56 Å². The third-order valence-corrected chi connectivity index (χ3v) is 4.77. The Morgan fingerprint density at radius 3 is 2.78 bits per heavy atom. The molecule has 2 aromatic rings. The summed E-state index contributed by atoms with van der Waals surface area (Å²) in [5.41, 5.74) is 2.51. The van der Waals surface area contributed by atoms with Crippen LogP contribution in [0.1, 0.15) is 40.4 Å². The minimum atomic E-state index is -1.22. The summed E-state index contributed by atoms with van der Waals surface area (Å²) in [5, 5.41) is 14.0. The van der Waals surface area contributed by atoms with E-state index in [1.807, 2.05) is 24.3 Å². The minimum Gasteiger partial charge on any atom is -0.384 e. The van der Waals surface area contributed by atoms with Gasteiger partial charge in [-0.15, -0.1) is 0 Å². The standard InChI is InChI=1S/C19H20ClNO2/c1-19(23,16-10-2-3-11-17(16)20)12-21-18(22)15-9-5-7-13-6-4-8-14(13)15/h2-3,5,7,9-11,23H,4,6,8,12H2,1H3,(H,21,22)/t19-/m0/s1. The second-order valence-electron chi connectivity index (χ2n) is 6.23. The summed E-state index contributed by atoms with van der Waals surface area (Å²) in [6.45, 7) is 1.77. The summed E-state index contributed by atoms with van der Waals surface area (Å²) in [4.78, 5) is 12.5. The summed E-state index contributed by atoms with van der Waals surface area (Å²) in [7, 11) is 0. The van der Waals surface area contributed by atoms with Crippen molar-refractivity contribution in [1.82, 2.24) is 5.32 Å². The number of hydrogen-bond donors (Lipinski definition) is 2. The first kappa shape index (κ1) is 16.0. The van der Waals surface area contributed by atoms with Crippen LogP contribution in [0.2, 0.25) is 5.02 Å². The van der Waals surface area contributed by atoms with E-state index in [2.05, 4.69) is 11.4 Å². The van der Waals surface area contributed by atoms with Gasteiger partial charge in [0.2, 0.25) is 0 Å². The molecule has 120 valence electrons. The van der Waals surface area contributed by atoms with Crippen LogP contribution >= 0.6 is 11.6 Å². The Hall–Kier alpha value is -1.84. The molecule has 0 bridgehead atoms. The fourth-order valence-electron chi connectivity index (χ4n) is 3.17. The van der Waals surface area contributed by atoms with Crippen LogP contribution in [-0.2, 0) is 18.4 Å². The lowest BCUT2D eigenvalue weighted by molar-refractivity contribution is 0.0527. The molecule has 0 radical (unpaired) electrons. The molecule has 1 amide bonds. The van der Waals surface area contributed by atoms with Gasteiger partial charge < -0.3 is 10.4 Å². The molecule has 0 saturated carbocycles. The summed E-state index contributed by atoms with van der Waals surface area (Å²) in [5.74, 6) is -0.143. The van der Waals surface area contributed by atoms with Crippen molar-refractivity contribution >= 4 is 17.5 Å². The normalized spacial score (nSPS) is 15.8. The number of rotatable bonds is 4.